The molecular weight excluding hydrogens is 274 g/mol. The fourth-order valence-corrected chi connectivity index (χ4v) is 3.39. The zero-order chi connectivity index (χ0) is 14.5. The normalized spacial score (nSPS) is 15.3. The van der Waals surface area contributed by atoms with Crippen molar-refractivity contribution in [2.75, 3.05) is 6.54 Å². The molecule has 1 atom stereocenters. The van der Waals surface area contributed by atoms with Gasteiger partial charge in [0.2, 0.25) is 0 Å². The predicted molar refractivity (Wildman–Crippen MR) is 79.1 cm³/mol. The lowest BCUT2D eigenvalue weighted by atomic mass is 9.99. The summed E-state index contributed by atoms with van der Waals surface area (Å²) in [7, 11) is 0. The van der Waals surface area contributed by atoms with E-state index in [0.717, 1.165) is 19.3 Å². The van der Waals surface area contributed by atoms with Crippen molar-refractivity contribution in [3.05, 3.63) is 21.4 Å². The van der Waals surface area contributed by atoms with Crippen molar-refractivity contribution in [2.45, 2.75) is 52.1 Å². The van der Waals surface area contributed by atoms with Gasteiger partial charge in [0, 0.05) is 11.4 Å². The molecule has 0 radical (unpaired) electrons. The van der Waals surface area contributed by atoms with E-state index in [2.05, 4.69) is 5.32 Å². The zero-order valence-corrected chi connectivity index (χ0v) is 12.8. The molecule has 1 aromatic rings. The Balaban J connectivity index is 1.94. The van der Waals surface area contributed by atoms with E-state index in [1.54, 1.807) is 6.92 Å². The summed E-state index contributed by atoms with van der Waals surface area (Å²) in [5.74, 6) is -0.620. The molecule has 0 unspecified atom stereocenters. The van der Waals surface area contributed by atoms with Crippen molar-refractivity contribution in [1.29, 1.82) is 0 Å². The maximum atomic E-state index is 12.1. The van der Waals surface area contributed by atoms with Crippen molar-refractivity contribution in [1.82, 2.24) is 5.32 Å². The van der Waals surface area contributed by atoms with Crippen LogP contribution in [0.25, 0.3) is 0 Å². The van der Waals surface area contributed by atoms with Gasteiger partial charge < -0.3 is 10.1 Å². The number of amides is 1. The van der Waals surface area contributed by atoms with E-state index >= 15 is 0 Å². The van der Waals surface area contributed by atoms with E-state index in [1.165, 1.54) is 34.6 Å². The summed E-state index contributed by atoms with van der Waals surface area (Å²) in [5, 5.41) is 2.73. The minimum absolute atomic E-state index is 0.235. The second-order valence-electron chi connectivity index (χ2n) is 5.10. The molecule has 0 fully saturated rings. The number of carbonyl (C=O) groups excluding carboxylic acids is 2. The highest BCUT2D eigenvalue weighted by Crippen LogP contribution is 2.30. The summed E-state index contributed by atoms with van der Waals surface area (Å²) >= 11 is 1.51. The lowest BCUT2D eigenvalue weighted by molar-refractivity contribution is -0.129. The highest BCUT2D eigenvalue weighted by molar-refractivity contribution is 7.14. The zero-order valence-electron chi connectivity index (χ0n) is 12.0. The number of fused-ring (bicyclic) bond motifs is 1. The fraction of sp³-hybridized carbons (Fsp3) is 0.600. The van der Waals surface area contributed by atoms with Crippen LogP contribution in [0.5, 0.6) is 0 Å². The molecule has 0 spiro atoms. The van der Waals surface area contributed by atoms with Crippen LogP contribution in [0.15, 0.2) is 6.07 Å². The number of esters is 1. The average molecular weight is 295 g/mol. The third-order valence-electron chi connectivity index (χ3n) is 3.40. The van der Waals surface area contributed by atoms with Gasteiger partial charge in [-0.1, -0.05) is 6.92 Å². The number of carbonyl (C=O) groups is 2. The summed E-state index contributed by atoms with van der Waals surface area (Å²) in [5.41, 5.74) is 1.27. The average Bonchev–Trinajstić information content (AvgIpc) is 2.88. The molecule has 1 aliphatic carbocycles. The van der Waals surface area contributed by atoms with Gasteiger partial charge >= 0.3 is 5.97 Å². The number of ether oxygens (including phenoxy) is 1. The van der Waals surface area contributed by atoms with Crippen LogP contribution in [0.4, 0.5) is 0 Å². The van der Waals surface area contributed by atoms with Gasteiger partial charge in [0.15, 0.2) is 6.10 Å². The molecule has 0 aliphatic heterocycles. The molecule has 1 N–H and O–H groups in total. The first-order valence-corrected chi connectivity index (χ1v) is 8.03. The van der Waals surface area contributed by atoms with Crippen molar-refractivity contribution >= 4 is 23.2 Å². The Bertz CT molecular complexity index is 472. The standard InChI is InChI=1S/C15H21NO3S/c1-3-8-16-14(17)10(2)19-15(18)13-9-11-6-4-5-7-12(11)20-13/h9-10H,3-8H2,1-2H3,(H,16,17)/t10-/m0/s1. The van der Waals surface area contributed by atoms with Gasteiger partial charge in [-0.15, -0.1) is 11.3 Å². The highest BCUT2D eigenvalue weighted by atomic mass is 32.1. The Labute approximate surface area is 123 Å². The van der Waals surface area contributed by atoms with Crippen molar-refractivity contribution in [3.8, 4) is 0 Å². The van der Waals surface area contributed by atoms with Gasteiger partial charge in [-0.05, 0) is 50.7 Å². The summed E-state index contributed by atoms with van der Waals surface area (Å²) < 4.78 is 5.23. The molecule has 20 heavy (non-hydrogen) atoms. The van der Waals surface area contributed by atoms with E-state index in [4.69, 9.17) is 4.74 Å². The first-order chi connectivity index (χ1) is 9.61. The predicted octanol–water partition coefficient (Wildman–Crippen LogP) is 2.70. The third-order valence-corrected chi connectivity index (χ3v) is 4.62. The first-order valence-electron chi connectivity index (χ1n) is 7.22. The van der Waals surface area contributed by atoms with Gasteiger partial charge in [0.05, 0.1) is 0 Å². The highest BCUT2D eigenvalue weighted by Gasteiger charge is 2.22. The number of rotatable bonds is 5. The molecule has 110 valence electrons. The minimum Gasteiger partial charge on any atom is -0.448 e. The molecule has 4 nitrogen and oxygen atoms in total. The third kappa shape index (κ3) is 3.60. The quantitative estimate of drug-likeness (QED) is 0.850. The van der Waals surface area contributed by atoms with Gasteiger partial charge in [-0.25, -0.2) is 4.79 Å². The molecule has 0 bridgehead atoms. The SMILES string of the molecule is CCCNC(=O)[C@H](C)OC(=O)c1cc2c(s1)CCCC2. The van der Waals surface area contributed by atoms with Crippen LogP contribution < -0.4 is 5.32 Å². The molecule has 1 amide bonds. The lowest BCUT2D eigenvalue weighted by Gasteiger charge is -2.12. The molecule has 1 aliphatic rings. The van der Waals surface area contributed by atoms with Gasteiger partial charge in [-0.3, -0.25) is 4.79 Å². The second-order valence-corrected chi connectivity index (χ2v) is 6.24. The van der Waals surface area contributed by atoms with Crippen LogP contribution in [-0.4, -0.2) is 24.5 Å². The second kappa shape index (κ2) is 6.88. The van der Waals surface area contributed by atoms with Gasteiger partial charge in [0.1, 0.15) is 4.88 Å². The Morgan fingerprint density at radius 2 is 2.15 bits per heavy atom. The summed E-state index contributed by atoms with van der Waals surface area (Å²) in [4.78, 5) is 25.7. The molecule has 1 aromatic heterocycles. The van der Waals surface area contributed by atoms with E-state index in [-0.39, 0.29) is 11.9 Å². The van der Waals surface area contributed by atoms with Crippen LogP contribution in [0.1, 0.15) is 53.2 Å². The minimum atomic E-state index is -0.742. The summed E-state index contributed by atoms with van der Waals surface area (Å²) in [6.07, 6.45) is 4.61. The number of hydrogen-bond donors (Lipinski definition) is 1. The van der Waals surface area contributed by atoms with Crippen molar-refractivity contribution in [3.63, 3.8) is 0 Å². The monoisotopic (exact) mass is 295 g/mol. The Hall–Kier alpha value is -1.36. The van der Waals surface area contributed by atoms with Gasteiger partial charge in [0.25, 0.3) is 5.91 Å². The molecule has 0 saturated heterocycles. The number of hydrogen-bond acceptors (Lipinski definition) is 4. The molecule has 0 aromatic carbocycles. The van der Waals surface area contributed by atoms with E-state index in [1.807, 2.05) is 13.0 Å². The van der Waals surface area contributed by atoms with Crippen LogP contribution >= 0.6 is 11.3 Å². The first kappa shape index (κ1) is 15.0. The summed E-state index contributed by atoms with van der Waals surface area (Å²) in [6.45, 7) is 4.19. The number of aryl methyl sites for hydroxylation is 2. The van der Waals surface area contributed by atoms with Crippen LogP contribution in [0.2, 0.25) is 0 Å². The summed E-state index contributed by atoms with van der Waals surface area (Å²) in [6, 6.07) is 1.93. The Kier molecular flexibility index (Phi) is 5.17. The van der Waals surface area contributed by atoms with Crippen molar-refractivity contribution < 1.29 is 14.3 Å². The topological polar surface area (TPSA) is 55.4 Å². The number of nitrogens with one attached hydrogen (secondary N) is 1. The molecule has 1 heterocycles. The van der Waals surface area contributed by atoms with Crippen LogP contribution in [-0.2, 0) is 22.4 Å². The molecule has 2 rings (SSSR count). The number of thiophene rings is 1. The smallest absolute Gasteiger partial charge is 0.349 e. The Morgan fingerprint density at radius 3 is 2.85 bits per heavy atom. The van der Waals surface area contributed by atoms with E-state index < -0.39 is 6.10 Å². The van der Waals surface area contributed by atoms with Crippen LogP contribution in [0.3, 0.4) is 0 Å². The maximum Gasteiger partial charge on any atom is 0.349 e. The van der Waals surface area contributed by atoms with E-state index in [9.17, 15) is 9.59 Å². The lowest BCUT2D eigenvalue weighted by Crippen LogP contribution is -2.36. The fourth-order valence-electron chi connectivity index (χ4n) is 2.26. The molecule has 0 saturated carbocycles. The van der Waals surface area contributed by atoms with Crippen molar-refractivity contribution in [2.24, 2.45) is 0 Å². The van der Waals surface area contributed by atoms with Crippen LogP contribution in [0, 0.1) is 0 Å². The Morgan fingerprint density at radius 1 is 1.40 bits per heavy atom. The molecule has 5 heteroatoms. The van der Waals surface area contributed by atoms with Gasteiger partial charge in [-0.2, -0.15) is 0 Å². The maximum absolute atomic E-state index is 12.1. The molecular formula is C15H21NO3S. The largest absolute Gasteiger partial charge is 0.448 e. The van der Waals surface area contributed by atoms with E-state index in [0.29, 0.717) is 11.4 Å².